The van der Waals surface area contributed by atoms with E-state index >= 15 is 0 Å². The summed E-state index contributed by atoms with van der Waals surface area (Å²) >= 11 is 0. The summed E-state index contributed by atoms with van der Waals surface area (Å²) in [4.78, 5) is 16.4. The van der Waals surface area contributed by atoms with Crippen molar-refractivity contribution in [3.05, 3.63) is 65.9 Å². The Kier molecular flexibility index (Phi) is 3.78. The fraction of sp³-hybridized carbons (Fsp3) is 0.105. The molecule has 1 aromatic carbocycles. The summed E-state index contributed by atoms with van der Waals surface area (Å²) in [7, 11) is 1.60. The fourth-order valence-corrected chi connectivity index (χ4v) is 2.98. The summed E-state index contributed by atoms with van der Waals surface area (Å²) in [6.45, 7) is 0. The lowest BCUT2D eigenvalue weighted by molar-refractivity contribution is 0.400. The second kappa shape index (κ2) is 6.24. The van der Waals surface area contributed by atoms with Gasteiger partial charge in [-0.15, -0.1) is 0 Å². The molecule has 0 radical (unpaired) electrons. The average molecular weight is 331 g/mol. The Hall–Kier alpha value is -3.41. The summed E-state index contributed by atoms with van der Waals surface area (Å²) in [6.07, 6.45) is 2.44. The van der Waals surface area contributed by atoms with Crippen LogP contribution < -0.4 is 10.5 Å². The molecule has 124 valence electrons. The first-order valence-electron chi connectivity index (χ1n) is 7.93. The first-order chi connectivity index (χ1) is 12.3. The molecule has 6 nitrogen and oxygen atoms in total. The van der Waals surface area contributed by atoms with Gasteiger partial charge in [-0.25, -0.2) is 0 Å². The van der Waals surface area contributed by atoms with Crippen LogP contribution in [0.2, 0.25) is 0 Å². The number of aromatic nitrogens is 4. The Morgan fingerprint density at radius 3 is 2.56 bits per heavy atom. The monoisotopic (exact) mass is 331 g/mol. The first kappa shape index (κ1) is 15.1. The highest BCUT2D eigenvalue weighted by Crippen LogP contribution is 2.36. The molecule has 0 spiro atoms. The van der Waals surface area contributed by atoms with Crippen LogP contribution in [0.3, 0.4) is 0 Å². The lowest BCUT2D eigenvalue weighted by Crippen LogP contribution is -2.01. The molecule has 4 rings (SSSR count). The molecule has 25 heavy (non-hydrogen) atoms. The van der Waals surface area contributed by atoms with Crippen LogP contribution in [0.1, 0.15) is 11.1 Å². The van der Waals surface area contributed by atoms with Crippen LogP contribution in [-0.4, -0.2) is 27.0 Å². The van der Waals surface area contributed by atoms with Crippen LogP contribution >= 0.6 is 0 Å². The number of nitrogen functional groups attached to an aromatic ring is 1. The number of nitrogens with one attached hydrogen (secondary N) is 1. The van der Waals surface area contributed by atoms with Gasteiger partial charge in [0, 0.05) is 12.6 Å². The zero-order chi connectivity index (χ0) is 17.2. The van der Waals surface area contributed by atoms with E-state index in [9.17, 15) is 0 Å². The molecular weight excluding hydrogens is 314 g/mol. The van der Waals surface area contributed by atoms with E-state index in [1.54, 1.807) is 13.3 Å². The molecule has 0 bridgehead atoms. The van der Waals surface area contributed by atoms with Crippen LogP contribution in [0, 0.1) is 0 Å². The largest absolute Gasteiger partial charge is 0.480 e. The molecule has 0 saturated heterocycles. The van der Waals surface area contributed by atoms with Gasteiger partial charge in [-0.05, 0) is 23.3 Å². The van der Waals surface area contributed by atoms with Crippen molar-refractivity contribution in [2.24, 2.45) is 0 Å². The SMILES string of the molecule is COc1nc2nc(N)[nH]c2c(Cc2ccccc2)c1-c1ccccn1. The number of benzene rings is 1. The minimum atomic E-state index is 0.331. The van der Waals surface area contributed by atoms with E-state index in [1.165, 1.54) is 5.56 Å². The van der Waals surface area contributed by atoms with Crippen molar-refractivity contribution in [1.82, 2.24) is 19.9 Å². The van der Waals surface area contributed by atoms with E-state index in [1.807, 2.05) is 36.4 Å². The molecule has 0 atom stereocenters. The van der Waals surface area contributed by atoms with Gasteiger partial charge in [0.15, 0.2) is 11.6 Å². The second-order valence-electron chi connectivity index (χ2n) is 5.67. The number of ether oxygens (including phenoxy) is 1. The molecule has 4 aromatic rings. The van der Waals surface area contributed by atoms with E-state index in [4.69, 9.17) is 10.5 Å². The van der Waals surface area contributed by atoms with Crippen LogP contribution in [0.15, 0.2) is 54.7 Å². The predicted molar refractivity (Wildman–Crippen MR) is 97.3 cm³/mol. The van der Waals surface area contributed by atoms with Crippen LogP contribution in [0.4, 0.5) is 5.95 Å². The van der Waals surface area contributed by atoms with Crippen LogP contribution in [-0.2, 0) is 6.42 Å². The van der Waals surface area contributed by atoms with Gasteiger partial charge in [-0.2, -0.15) is 9.97 Å². The molecule has 6 heteroatoms. The molecule has 3 N–H and O–H groups in total. The Balaban J connectivity index is 2.01. The lowest BCUT2D eigenvalue weighted by atomic mass is 9.97. The number of nitrogens with two attached hydrogens (primary N) is 1. The number of rotatable bonds is 4. The molecule has 0 amide bonds. The number of hydrogen-bond donors (Lipinski definition) is 2. The Bertz CT molecular complexity index is 1010. The lowest BCUT2D eigenvalue weighted by Gasteiger charge is -2.14. The number of imidazole rings is 1. The fourth-order valence-electron chi connectivity index (χ4n) is 2.98. The molecular formula is C19H17N5O. The molecule has 0 aliphatic rings. The van der Waals surface area contributed by atoms with Gasteiger partial charge in [0.1, 0.15) is 0 Å². The van der Waals surface area contributed by atoms with E-state index in [0.717, 1.165) is 22.3 Å². The van der Waals surface area contributed by atoms with Gasteiger partial charge in [0.2, 0.25) is 5.88 Å². The normalized spacial score (nSPS) is 10.9. The van der Waals surface area contributed by atoms with Gasteiger partial charge in [0.25, 0.3) is 0 Å². The highest BCUT2D eigenvalue weighted by molar-refractivity contribution is 5.87. The van der Waals surface area contributed by atoms with Gasteiger partial charge < -0.3 is 15.5 Å². The van der Waals surface area contributed by atoms with Crippen molar-refractivity contribution in [1.29, 1.82) is 0 Å². The Morgan fingerprint density at radius 1 is 1.04 bits per heavy atom. The van der Waals surface area contributed by atoms with Crippen molar-refractivity contribution >= 4 is 17.1 Å². The number of hydrogen-bond acceptors (Lipinski definition) is 5. The number of fused-ring (bicyclic) bond motifs is 1. The predicted octanol–water partition coefficient (Wildman–Crippen LogP) is 3.20. The van der Waals surface area contributed by atoms with Gasteiger partial charge >= 0.3 is 0 Å². The van der Waals surface area contributed by atoms with Crippen molar-refractivity contribution in [3.8, 4) is 17.1 Å². The standard InChI is InChI=1S/C19H17N5O/c1-25-18-15(14-9-5-6-10-21-14)13(11-12-7-3-2-4-8-12)16-17(23-18)24-19(20)22-16/h2-10H,11H2,1H3,(H3,20,22,23,24). The number of anilines is 1. The zero-order valence-corrected chi connectivity index (χ0v) is 13.7. The number of pyridine rings is 2. The summed E-state index contributed by atoms with van der Waals surface area (Å²) < 4.78 is 5.55. The summed E-state index contributed by atoms with van der Waals surface area (Å²) in [5.74, 6) is 0.820. The van der Waals surface area contributed by atoms with E-state index in [0.29, 0.717) is 23.9 Å². The number of aromatic amines is 1. The third kappa shape index (κ3) is 2.78. The molecule has 3 heterocycles. The maximum absolute atomic E-state index is 5.87. The van der Waals surface area contributed by atoms with E-state index in [-0.39, 0.29) is 0 Å². The van der Waals surface area contributed by atoms with Gasteiger partial charge in [-0.3, -0.25) is 4.98 Å². The smallest absolute Gasteiger partial charge is 0.225 e. The summed E-state index contributed by atoms with van der Waals surface area (Å²) in [6, 6.07) is 16.0. The minimum Gasteiger partial charge on any atom is -0.480 e. The molecule has 0 aliphatic carbocycles. The maximum Gasteiger partial charge on any atom is 0.225 e. The zero-order valence-electron chi connectivity index (χ0n) is 13.7. The van der Waals surface area contributed by atoms with Gasteiger partial charge in [0.05, 0.1) is 23.9 Å². The first-order valence-corrected chi connectivity index (χ1v) is 7.93. The summed E-state index contributed by atoms with van der Waals surface area (Å²) in [5, 5.41) is 0. The quantitative estimate of drug-likeness (QED) is 0.599. The average Bonchev–Trinajstić information content (AvgIpc) is 3.03. The topological polar surface area (TPSA) is 89.7 Å². The Labute approximate surface area is 144 Å². The molecule has 0 unspecified atom stereocenters. The van der Waals surface area contributed by atoms with Crippen molar-refractivity contribution in [3.63, 3.8) is 0 Å². The highest BCUT2D eigenvalue weighted by atomic mass is 16.5. The van der Waals surface area contributed by atoms with Crippen molar-refractivity contribution in [2.75, 3.05) is 12.8 Å². The molecule has 0 aliphatic heterocycles. The number of H-pyrrole nitrogens is 1. The molecule has 0 saturated carbocycles. The van der Waals surface area contributed by atoms with Crippen molar-refractivity contribution < 1.29 is 4.74 Å². The van der Waals surface area contributed by atoms with Crippen molar-refractivity contribution in [2.45, 2.75) is 6.42 Å². The highest BCUT2D eigenvalue weighted by Gasteiger charge is 2.21. The second-order valence-corrected chi connectivity index (χ2v) is 5.67. The third-order valence-corrected chi connectivity index (χ3v) is 4.07. The van der Waals surface area contributed by atoms with E-state index in [2.05, 4.69) is 32.1 Å². The van der Waals surface area contributed by atoms with Crippen LogP contribution in [0.25, 0.3) is 22.4 Å². The summed E-state index contributed by atoms with van der Waals surface area (Å²) in [5.41, 5.74) is 11.0. The molecule has 3 aromatic heterocycles. The minimum absolute atomic E-state index is 0.331. The van der Waals surface area contributed by atoms with E-state index < -0.39 is 0 Å². The molecule has 0 fully saturated rings. The van der Waals surface area contributed by atoms with Gasteiger partial charge in [-0.1, -0.05) is 36.4 Å². The maximum atomic E-state index is 5.87. The van der Waals surface area contributed by atoms with Crippen LogP contribution in [0.5, 0.6) is 5.88 Å². The Morgan fingerprint density at radius 2 is 1.84 bits per heavy atom. The number of methoxy groups -OCH3 is 1. The number of nitrogens with zero attached hydrogens (tertiary/aromatic N) is 3. The third-order valence-electron chi connectivity index (χ3n) is 4.07.